The van der Waals surface area contributed by atoms with Crippen LogP contribution in [0.3, 0.4) is 0 Å². The molecule has 6 unspecified atom stereocenters. The number of hydrogen-bond acceptors (Lipinski definition) is 7. The highest BCUT2D eigenvalue weighted by molar-refractivity contribution is 5.94. The zero-order valence-corrected chi connectivity index (χ0v) is 21.2. The third-order valence-corrected chi connectivity index (χ3v) is 6.20. The molecule has 202 valence electrons. The molecule has 0 radical (unpaired) electrons. The van der Waals surface area contributed by atoms with Gasteiger partial charge in [-0.25, -0.2) is 4.79 Å². The lowest BCUT2D eigenvalue weighted by atomic mass is 9.98. The van der Waals surface area contributed by atoms with Crippen LogP contribution in [0.25, 0.3) is 0 Å². The summed E-state index contributed by atoms with van der Waals surface area (Å²) in [6, 6.07) is -4.36. The maximum Gasteiger partial charge on any atom is 0.326 e. The van der Waals surface area contributed by atoms with E-state index in [1.165, 1.54) is 0 Å². The van der Waals surface area contributed by atoms with E-state index in [9.17, 15) is 29.1 Å². The molecule has 0 aliphatic carbocycles. The van der Waals surface area contributed by atoms with E-state index in [2.05, 4.69) is 16.0 Å². The lowest BCUT2D eigenvalue weighted by molar-refractivity contribution is -0.144. The van der Waals surface area contributed by atoms with Gasteiger partial charge in [0.15, 0.2) is 0 Å². The molecule has 0 bridgehead atoms. The fraction of sp³-hybridized carbons (Fsp3) is 0.783. The van der Waals surface area contributed by atoms with Crippen LogP contribution in [0.5, 0.6) is 0 Å². The molecular weight excluding hydrogens is 458 g/mol. The van der Waals surface area contributed by atoms with Gasteiger partial charge in [-0.05, 0) is 44.1 Å². The van der Waals surface area contributed by atoms with E-state index in [-0.39, 0.29) is 24.7 Å². The molecule has 0 fully saturated rings. The minimum Gasteiger partial charge on any atom is -0.481 e. The Morgan fingerprint density at radius 2 is 1.29 bits per heavy atom. The van der Waals surface area contributed by atoms with Crippen molar-refractivity contribution >= 4 is 29.7 Å². The fourth-order valence-electron chi connectivity index (χ4n) is 3.29. The summed E-state index contributed by atoms with van der Waals surface area (Å²) in [4.78, 5) is 61.2. The first kappa shape index (κ1) is 32.3. The van der Waals surface area contributed by atoms with Gasteiger partial charge in [-0.15, -0.1) is 0 Å². The smallest absolute Gasteiger partial charge is 0.326 e. The molecule has 0 saturated carbocycles. The highest BCUT2D eigenvalue weighted by atomic mass is 16.4. The lowest BCUT2D eigenvalue weighted by Crippen LogP contribution is -2.58. The van der Waals surface area contributed by atoms with E-state index >= 15 is 0 Å². The van der Waals surface area contributed by atoms with Gasteiger partial charge >= 0.3 is 11.9 Å². The molecule has 0 heterocycles. The van der Waals surface area contributed by atoms with Gasteiger partial charge in [-0.3, -0.25) is 19.2 Å². The summed E-state index contributed by atoms with van der Waals surface area (Å²) in [5.41, 5.74) is 11.5. The number of nitrogens with one attached hydrogen (secondary N) is 3. The van der Waals surface area contributed by atoms with Crippen molar-refractivity contribution in [3.05, 3.63) is 0 Å². The Bertz CT molecular complexity index is 718. The zero-order chi connectivity index (χ0) is 27.1. The van der Waals surface area contributed by atoms with Crippen molar-refractivity contribution in [2.75, 3.05) is 6.54 Å². The first-order valence-electron chi connectivity index (χ1n) is 12.2. The zero-order valence-electron chi connectivity index (χ0n) is 21.2. The summed E-state index contributed by atoms with van der Waals surface area (Å²) in [6.45, 7) is 7.51. The van der Waals surface area contributed by atoms with Crippen LogP contribution in [0.4, 0.5) is 0 Å². The quantitative estimate of drug-likeness (QED) is 0.125. The molecular formula is C23H43N5O7. The number of carboxylic acids is 2. The third kappa shape index (κ3) is 12.0. The number of rotatable bonds is 18. The van der Waals surface area contributed by atoms with E-state index in [1.54, 1.807) is 20.8 Å². The summed E-state index contributed by atoms with van der Waals surface area (Å²) in [7, 11) is 0. The minimum absolute atomic E-state index is 0.165. The maximum absolute atomic E-state index is 13.0. The minimum atomic E-state index is -1.23. The summed E-state index contributed by atoms with van der Waals surface area (Å²) in [5, 5.41) is 26.1. The predicted molar refractivity (Wildman–Crippen MR) is 130 cm³/mol. The molecule has 12 heteroatoms. The van der Waals surface area contributed by atoms with E-state index in [0.29, 0.717) is 32.2 Å². The highest BCUT2D eigenvalue weighted by Crippen LogP contribution is 2.11. The number of carbonyl (C=O) groups excluding carboxylic acids is 3. The molecule has 0 aliphatic rings. The maximum atomic E-state index is 13.0. The van der Waals surface area contributed by atoms with Crippen LogP contribution in [-0.2, 0) is 24.0 Å². The molecule has 6 atom stereocenters. The van der Waals surface area contributed by atoms with Gasteiger partial charge in [0, 0.05) is 6.42 Å². The summed E-state index contributed by atoms with van der Waals surface area (Å²) >= 11 is 0. The van der Waals surface area contributed by atoms with Crippen LogP contribution in [0, 0.1) is 11.8 Å². The van der Waals surface area contributed by atoms with Crippen LogP contribution in [0.15, 0.2) is 0 Å². The van der Waals surface area contributed by atoms with E-state index in [0.717, 1.165) is 0 Å². The van der Waals surface area contributed by atoms with Gasteiger partial charge in [-0.1, -0.05) is 40.5 Å². The van der Waals surface area contributed by atoms with Gasteiger partial charge in [0.05, 0.1) is 6.04 Å². The Labute approximate surface area is 206 Å². The number of amides is 3. The molecule has 0 spiro atoms. The average Bonchev–Trinajstić information content (AvgIpc) is 2.82. The lowest BCUT2D eigenvalue weighted by Gasteiger charge is -2.27. The van der Waals surface area contributed by atoms with Gasteiger partial charge in [0.2, 0.25) is 17.7 Å². The number of nitrogens with two attached hydrogens (primary N) is 2. The van der Waals surface area contributed by atoms with Crippen LogP contribution in [0.1, 0.15) is 72.6 Å². The van der Waals surface area contributed by atoms with Crippen LogP contribution >= 0.6 is 0 Å². The summed E-state index contributed by atoms with van der Waals surface area (Å²) in [5.74, 6) is -4.88. The first-order chi connectivity index (χ1) is 16.4. The SMILES string of the molecule is CCC(C)C(N)C(=O)NC(CCC(=O)O)C(=O)NC(CCCCN)C(=O)NC(C(=O)O)C(C)CC. The Balaban J connectivity index is 5.66. The monoisotopic (exact) mass is 501 g/mol. The number of hydrogen-bond donors (Lipinski definition) is 7. The standard InChI is InChI=1S/C23H43N5O7/c1-5-13(3)18(25)22(33)27-16(10-11-17(29)30)20(31)26-15(9-7-8-12-24)21(32)28-19(23(34)35)14(4)6-2/h13-16,18-19H,5-12,24-25H2,1-4H3,(H,26,31)(H,27,33)(H,28,32)(H,29,30)(H,34,35). The Hall–Kier alpha value is -2.73. The van der Waals surface area contributed by atoms with Crippen LogP contribution < -0.4 is 27.4 Å². The van der Waals surface area contributed by atoms with Crippen LogP contribution in [0.2, 0.25) is 0 Å². The molecule has 0 saturated heterocycles. The second kappa shape index (κ2) is 16.8. The summed E-state index contributed by atoms with van der Waals surface area (Å²) < 4.78 is 0. The Kier molecular flexibility index (Phi) is 15.5. The molecule has 9 N–H and O–H groups in total. The molecule has 35 heavy (non-hydrogen) atoms. The molecule has 0 aromatic rings. The predicted octanol–water partition coefficient (Wildman–Crippen LogP) is -0.0613. The van der Waals surface area contributed by atoms with Gasteiger partial charge < -0.3 is 37.6 Å². The Morgan fingerprint density at radius 3 is 1.77 bits per heavy atom. The van der Waals surface area contributed by atoms with Crippen molar-refractivity contribution in [1.82, 2.24) is 16.0 Å². The van der Waals surface area contributed by atoms with Crippen molar-refractivity contribution in [2.24, 2.45) is 23.3 Å². The van der Waals surface area contributed by atoms with E-state index in [4.69, 9.17) is 16.6 Å². The van der Waals surface area contributed by atoms with E-state index in [1.807, 2.05) is 6.92 Å². The van der Waals surface area contributed by atoms with Gasteiger partial charge in [0.1, 0.15) is 18.1 Å². The van der Waals surface area contributed by atoms with Crippen molar-refractivity contribution < 1.29 is 34.2 Å². The first-order valence-corrected chi connectivity index (χ1v) is 12.2. The van der Waals surface area contributed by atoms with Gasteiger partial charge in [-0.2, -0.15) is 0 Å². The molecule has 0 aromatic heterocycles. The topological polar surface area (TPSA) is 214 Å². The Morgan fingerprint density at radius 1 is 0.771 bits per heavy atom. The molecule has 0 rings (SSSR count). The van der Waals surface area contributed by atoms with Crippen molar-refractivity contribution in [3.8, 4) is 0 Å². The largest absolute Gasteiger partial charge is 0.481 e. The second-order valence-electron chi connectivity index (χ2n) is 8.96. The van der Waals surface area contributed by atoms with Crippen molar-refractivity contribution in [3.63, 3.8) is 0 Å². The van der Waals surface area contributed by atoms with Gasteiger partial charge in [0.25, 0.3) is 0 Å². The molecule has 12 nitrogen and oxygen atoms in total. The number of aliphatic carboxylic acids is 2. The van der Waals surface area contributed by atoms with Crippen molar-refractivity contribution in [1.29, 1.82) is 0 Å². The molecule has 0 aliphatic heterocycles. The number of unbranched alkanes of at least 4 members (excludes halogenated alkanes) is 1. The second-order valence-corrected chi connectivity index (χ2v) is 8.96. The van der Waals surface area contributed by atoms with E-state index < -0.39 is 60.2 Å². The number of carbonyl (C=O) groups is 5. The third-order valence-electron chi connectivity index (χ3n) is 6.20. The van der Waals surface area contributed by atoms with Crippen LogP contribution in [-0.4, -0.2) is 70.6 Å². The average molecular weight is 502 g/mol. The normalized spacial score (nSPS) is 16.2. The molecule has 0 aromatic carbocycles. The molecule has 3 amide bonds. The highest BCUT2D eigenvalue weighted by Gasteiger charge is 2.32. The fourth-order valence-corrected chi connectivity index (χ4v) is 3.29. The number of carboxylic acid groups (broad SMARTS) is 2. The van der Waals surface area contributed by atoms with Crippen molar-refractivity contribution in [2.45, 2.75) is 96.8 Å². The summed E-state index contributed by atoms with van der Waals surface area (Å²) in [6.07, 6.45) is 1.80.